The Balaban J connectivity index is 1.46. The fourth-order valence-corrected chi connectivity index (χ4v) is 4.25. The van der Waals surface area contributed by atoms with Gasteiger partial charge in [-0.05, 0) is 37.5 Å². The maximum Gasteiger partial charge on any atom is 0.237 e. The van der Waals surface area contributed by atoms with Gasteiger partial charge in [0.15, 0.2) is 0 Å². The molecule has 1 saturated carbocycles. The lowest BCUT2D eigenvalue weighted by Gasteiger charge is -2.47. The smallest absolute Gasteiger partial charge is 0.237 e. The number of aryl methyl sites for hydroxylation is 1. The summed E-state index contributed by atoms with van der Waals surface area (Å²) in [7, 11) is 0. The van der Waals surface area contributed by atoms with Gasteiger partial charge in [0.1, 0.15) is 17.9 Å². The molecule has 2 fully saturated rings. The third-order valence-corrected chi connectivity index (χ3v) is 5.78. The molecule has 1 aliphatic heterocycles. The number of carbonyl (C=O) groups is 1. The number of benzene rings is 1. The molecule has 3 rings (SSSR count). The summed E-state index contributed by atoms with van der Waals surface area (Å²) in [5.41, 5.74) is 6.64. The molecule has 138 valence electrons. The number of nitrogens with two attached hydrogens (primary N) is 1. The first kappa shape index (κ1) is 18.2. The molecule has 0 atom stereocenters. The second kappa shape index (κ2) is 8.19. The van der Waals surface area contributed by atoms with E-state index in [-0.39, 0.29) is 11.4 Å². The Morgan fingerprint density at radius 1 is 1.16 bits per heavy atom. The average Bonchev–Trinajstić information content (AvgIpc) is 2.63. The van der Waals surface area contributed by atoms with Gasteiger partial charge in [0.2, 0.25) is 5.91 Å². The first-order chi connectivity index (χ1) is 12.1. The van der Waals surface area contributed by atoms with Crippen LogP contribution in [0.5, 0.6) is 5.75 Å². The summed E-state index contributed by atoms with van der Waals surface area (Å²) in [5.74, 6) is 0.817. The molecule has 2 aliphatic rings. The summed E-state index contributed by atoms with van der Waals surface area (Å²) in [6.07, 6.45) is 5.32. The minimum atomic E-state index is -0.387. The highest BCUT2D eigenvalue weighted by Gasteiger charge is 2.44. The summed E-state index contributed by atoms with van der Waals surface area (Å²) in [4.78, 5) is 16.9. The molecule has 1 saturated heterocycles. The quantitative estimate of drug-likeness (QED) is 0.858. The van der Waals surface area contributed by atoms with Gasteiger partial charge in [0, 0.05) is 32.7 Å². The zero-order valence-electron chi connectivity index (χ0n) is 15.4. The van der Waals surface area contributed by atoms with E-state index < -0.39 is 0 Å². The van der Waals surface area contributed by atoms with Gasteiger partial charge in [0.05, 0.1) is 0 Å². The Labute approximate surface area is 151 Å². The van der Waals surface area contributed by atoms with Crippen LogP contribution in [-0.2, 0) is 4.79 Å². The summed E-state index contributed by atoms with van der Waals surface area (Å²) < 4.78 is 5.86. The molecule has 0 bridgehead atoms. The topological polar surface area (TPSA) is 58.8 Å². The van der Waals surface area contributed by atoms with Gasteiger partial charge in [-0.25, -0.2) is 0 Å². The fraction of sp³-hybridized carbons (Fsp3) is 0.650. The van der Waals surface area contributed by atoms with Crippen molar-refractivity contribution in [2.24, 2.45) is 5.73 Å². The van der Waals surface area contributed by atoms with Crippen LogP contribution in [0.3, 0.4) is 0 Å². The zero-order valence-corrected chi connectivity index (χ0v) is 15.4. The molecule has 1 aromatic carbocycles. The standard InChI is InChI=1S/C20H31N3O2/c1-17-6-5-7-18(16-17)25-15-14-22-10-12-23(13-11-22)20(19(21)24)8-3-2-4-9-20/h5-7,16H,2-4,8-15H2,1H3,(H2,21,24). The Kier molecular flexibility index (Phi) is 5.97. The molecular formula is C20H31N3O2. The molecular weight excluding hydrogens is 314 g/mol. The van der Waals surface area contributed by atoms with Crippen LogP contribution < -0.4 is 10.5 Å². The van der Waals surface area contributed by atoms with Crippen molar-refractivity contribution >= 4 is 5.91 Å². The van der Waals surface area contributed by atoms with Crippen molar-refractivity contribution in [3.05, 3.63) is 29.8 Å². The number of hydrogen-bond acceptors (Lipinski definition) is 4. The molecule has 1 amide bonds. The lowest BCUT2D eigenvalue weighted by Crippen LogP contribution is -2.63. The second-order valence-corrected chi connectivity index (χ2v) is 7.45. The monoisotopic (exact) mass is 345 g/mol. The lowest BCUT2D eigenvalue weighted by atomic mass is 9.79. The van der Waals surface area contributed by atoms with Gasteiger partial charge in [-0.15, -0.1) is 0 Å². The zero-order chi connectivity index (χ0) is 17.7. The number of primary amides is 1. The maximum atomic E-state index is 12.2. The van der Waals surface area contributed by atoms with Gasteiger partial charge < -0.3 is 10.5 Å². The van der Waals surface area contributed by atoms with E-state index in [1.54, 1.807) is 0 Å². The van der Waals surface area contributed by atoms with Crippen LogP contribution in [0.15, 0.2) is 24.3 Å². The van der Waals surface area contributed by atoms with E-state index in [1.807, 2.05) is 12.1 Å². The SMILES string of the molecule is Cc1cccc(OCCN2CCN(C3(C(N)=O)CCCCC3)CC2)c1. The molecule has 0 aromatic heterocycles. The molecule has 0 unspecified atom stereocenters. The Hall–Kier alpha value is -1.59. The number of nitrogens with zero attached hydrogens (tertiary/aromatic N) is 2. The van der Waals surface area contributed by atoms with Crippen LogP contribution >= 0.6 is 0 Å². The van der Waals surface area contributed by atoms with E-state index in [4.69, 9.17) is 10.5 Å². The van der Waals surface area contributed by atoms with Crippen LogP contribution in [0.4, 0.5) is 0 Å². The van der Waals surface area contributed by atoms with Crippen molar-refractivity contribution in [3.8, 4) is 5.75 Å². The largest absolute Gasteiger partial charge is 0.492 e. The summed E-state index contributed by atoms with van der Waals surface area (Å²) in [5, 5.41) is 0. The van der Waals surface area contributed by atoms with Crippen molar-refractivity contribution in [2.75, 3.05) is 39.3 Å². The van der Waals surface area contributed by atoms with E-state index in [2.05, 4.69) is 28.9 Å². The third kappa shape index (κ3) is 4.33. The molecule has 5 heteroatoms. The minimum Gasteiger partial charge on any atom is -0.492 e. The van der Waals surface area contributed by atoms with Crippen molar-refractivity contribution in [1.82, 2.24) is 9.80 Å². The van der Waals surface area contributed by atoms with E-state index in [1.165, 1.54) is 12.0 Å². The molecule has 5 nitrogen and oxygen atoms in total. The molecule has 25 heavy (non-hydrogen) atoms. The minimum absolute atomic E-state index is 0.122. The number of ether oxygens (including phenoxy) is 1. The third-order valence-electron chi connectivity index (χ3n) is 5.78. The molecule has 1 aromatic rings. The average molecular weight is 345 g/mol. The van der Waals surface area contributed by atoms with Gasteiger partial charge in [-0.2, -0.15) is 0 Å². The fourth-order valence-electron chi connectivity index (χ4n) is 4.25. The molecule has 0 spiro atoms. The van der Waals surface area contributed by atoms with Crippen LogP contribution in [0.2, 0.25) is 0 Å². The number of carbonyl (C=O) groups excluding carboxylic acids is 1. The van der Waals surface area contributed by atoms with E-state index in [9.17, 15) is 4.79 Å². The van der Waals surface area contributed by atoms with Crippen molar-refractivity contribution in [3.63, 3.8) is 0 Å². The molecule has 1 heterocycles. The first-order valence-corrected chi connectivity index (χ1v) is 9.57. The highest BCUT2D eigenvalue weighted by molar-refractivity contribution is 5.84. The molecule has 0 radical (unpaired) electrons. The van der Waals surface area contributed by atoms with Crippen LogP contribution in [0.25, 0.3) is 0 Å². The van der Waals surface area contributed by atoms with Crippen LogP contribution in [-0.4, -0.2) is 60.6 Å². The highest BCUT2D eigenvalue weighted by atomic mass is 16.5. The Morgan fingerprint density at radius 3 is 2.52 bits per heavy atom. The van der Waals surface area contributed by atoms with Gasteiger partial charge in [0.25, 0.3) is 0 Å². The van der Waals surface area contributed by atoms with Crippen molar-refractivity contribution in [2.45, 2.75) is 44.6 Å². The van der Waals surface area contributed by atoms with Crippen molar-refractivity contribution in [1.29, 1.82) is 0 Å². The van der Waals surface area contributed by atoms with E-state index in [0.29, 0.717) is 6.61 Å². The van der Waals surface area contributed by atoms with Crippen molar-refractivity contribution < 1.29 is 9.53 Å². The lowest BCUT2D eigenvalue weighted by molar-refractivity contribution is -0.134. The first-order valence-electron chi connectivity index (χ1n) is 9.57. The summed E-state index contributed by atoms with van der Waals surface area (Å²) in [6.45, 7) is 7.50. The molecule has 2 N–H and O–H groups in total. The van der Waals surface area contributed by atoms with Crippen LogP contribution in [0, 0.1) is 6.92 Å². The summed E-state index contributed by atoms with van der Waals surface area (Å²) in [6, 6.07) is 8.17. The van der Waals surface area contributed by atoms with E-state index in [0.717, 1.165) is 64.2 Å². The summed E-state index contributed by atoms with van der Waals surface area (Å²) >= 11 is 0. The highest BCUT2D eigenvalue weighted by Crippen LogP contribution is 2.34. The Morgan fingerprint density at radius 2 is 1.88 bits per heavy atom. The van der Waals surface area contributed by atoms with Gasteiger partial charge >= 0.3 is 0 Å². The maximum absolute atomic E-state index is 12.2. The second-order valence-electron chi connectivity index (χ2n) is 7.45. The van der Waals surface area contributed by atoms with Gasteiger partial charge in [-0.3, -0.25) is 14.6 Å². The van der Waals surface area contributed by atoms with Crippen LogP contribution in [0.1, 0.15) is 37.7 Å². The number of rotatable bonds is 6. The predicted molar refractivity (Wildman–Crippen MR) is 99.7 cm³/mol. The molecule has 1 aliphatic carbocycles. The normalized spacial score (nSPS) is 21.8. The van der Waals surface area contributed by atoms with E-state index >= 15 is 0 Å². The number of amides is 1. The number of hydrogen-bond donors (Lipinski definition) is 1. The Bertz CT molecular complexity index is 576. The van der Waals surface area contributed by atoms with Gasteiger partial charge in [-0.1, -0.05) is 31.4 Å². The predicted octanol–water partition coefficient (Wildman–Crippen LogP) is 2.18. The number of piperazine rings is 1.